The van der Waals surface area contributed by atoms with Crippen LogP contribution in [0.1, 0.15) is 5.56 Å². The average Bonchev–Trinajstić information content (AvgIpc) is 3.60. The summed E-state index contributed by atoms with van der Waals surface area (Å²) in [4.78, 5) is 14.9. The van der Waals surface area contributed by atoms with Crippen molar-refractivity contribution < 1.29 is 4.42 Å². The van der Waals surface area contributed by atoms with E-state index < -0.39 is 0 Å². The maximum atomic E-state index is 9.18. The molecule has 0 saturated heterocycles. The lowest BCUT2D eigenvalue weighted by Crippen LogP contribution is -2.00. The number of fused-ring (bicyclic) bond motifs is 3. The Morgan fingerprint density at radius 1 is 0.392 bits per heavy atom. The molecular formula is C46H28N4O. The molecule has 0 atom stereocenters. The van der Waals surface area contributed by atoms with Crippen molar-refractivity contribution in [1.82, 2.24) is 15.0 Å². The molecule has 0 aliphatic heterocycles. The Labute approximate surface area is 294 Å². The lowest BCUT2D eigenvalue weighted by atomic mass is 9.96. The van der Waals surface area contributed by atoms with E-state index in [2.05, 4.69) is 84.9 Å². The number of furan rings is 1. The van der Waals surface area contributed by atoms with Crippen molar-refractivity contribution in [2.75, 3.05) is 0 Å². The highest BCUT2D eigenvalue weighted by atomic mass is 16.3. The summed E-state index contributed by atoms with van der Waals surface area (Å²) in [6.07, 6.45) is 0. The predicted molar refractivity (Wildman–Crippen MR) is 204 cm³/mol. The van der Waals surface area contributed by atoms with E-state index >= 15 is 0 Å². The molecule has 0 radical (unpaired) electrons. The maximum absolute atomic E-state index is 9.18. The third-order valence-electron chi connectivity index (χ3n) is 9.19. The Balaban J connectivity index is 1.13. The first-order valence-electron chi connectivity index (χ1n) is 16.7. The first-order valence-corrected chi connectivity index (χ1v) is 16.7. The van der Waals surface area contributed by atoms with Gasteiger partial charge in [0.05, 0.1) is 11.6 Å². The molecule has 2 aromatic heterocycles. The molecule has 51 heavy (non-hydrogen) atoms. The van der Waals surface area contributed by atoms with Gasteiger partial charge < -0.3 is 4.42 Å². The molecule has 0 aliphatic rings. The summed E-state index contributed by atoms with van der Waals surface area (Å²) in [5.41, 5.74) is 11.5. The molecule has 0 bridgehead atoms. The summed E-state index contributed by atoms with van der Waals surface area (Å²) in [6, 6.07) is 59.4. The van der Waals surface area contributed by atoms with Gasteiger partial charge in [0.25, 0.3) is 0 Å². The Bertz CT molecular complexity index is 2730. The number of hydrogen-bond acceptors (Lipinski definition) is 5. The van der Waals surface area contributed by atoms with Crippen molar-refractivity contribution in [2.24, 2.45) is 0 Å². The summed E-state index contributed by atoms with van der Waals surface area (Å²) in [6.45, 7) is 0. The fourth-order valence-electron chi connectivity index (χ4n) is 6.60. The van der Waals surface area contributed by atoms with E-state index in [1.165, 1.54) is 11.1 Å². The zero-order valence-corrected chi connectivity index (χ0v) is 27.4. The molecule has 0 spiro atoms. The van der Waals surface area contributed by atoms with E-state index in [1.54, 1.807) is 0 Å². The third kappa shape index (κ3) is 5.71. The summed E-state index contributed by atoms with van der Waals surface area (Å²) < 4.78 is 6.50. The quantitative estimate of drug-likeness (QED) is 0.179. The molecule has 0 fully saturated rings. The Kier molecular flexibility index (Phi) is 7.46. The van der Waals surface area contributed by atoms with Gasteiger partial charge in [-0.3, -0.25) is 0 Å². The SMILES string of the molecule is N#Cc1ccc(-c2ccc(-c3nc(-c4ccccc4)nc(-c4ccc5c(c4)oc4cccc(-c6cccc(-c7ccccc7)c6)c45)n3)cc2)cc1. The molecule has 0 unspecified atom stereocenters. The molecule has 7 aromatic carbocycles. The van der Waals surface area contributed by atoms with Gasteiger partial charge in [0.1, 0.15) is 11.2 Å². The van der Waals surface area contributed by atoms with Crippen LogP contribution in [0.15, 0.2) is 174 Å². The second-order valence-corrected chi connectivity index (χ2v) is 12.4. The largest absolute Gasteiger partial charge is 0.456 e. The van der Waals surface area contributed by atoms with Crippen molar-refractivity contribution in [3.8, 4) is 73.6 Å². The Morgan fingerprint density at radius 2 is 0.902 bits per heavy atom. The average molecular weight is 653 g/mol. The molecule has 5 nitrogen and oxygen atoms in total. The van der Waals surface area contributed by atoms with Crippen LogP contribution in [0, 0.1) is 11.3 Å². The van der Waals surface area contributed by atoms with Gasteiger partial charge in [0.15, 0.2) is 17.5 Å². The van der Waals surface area contributed by atoms with Crippen molar-refractivity contribution in [3.63, 3.8) is 0 Å². The van der Waals surface area contributed by atoms with E-state index in [9.17, 15) is 5.26 Å². The standard InChI is InChI=1S/C46H28N4O/c47-29-30-17-19-32(20-18-30)33-21-23-35(24-22-33)45-48-44(34-11-5-2-6-12-34)49-46(50-45)38-25-26-40-42(28-38)51-41-16-8-15-39(43(40)41)37-14-7-13-36(27-37)31-9-3-1-4-10-31/h1-28H. The summed E-state index contributed by atoms with van der Waals surface area (Å²) in [5.74, 6) is 1.74. The Morgan fingerprint density at radius 3 is 1.59 bits per heavy atom. The maximum Gasteiger partial charge on any atom is 0.164 e. The molecule has 5 heteroatoms. The molecule has 0 aliphatic carbocycles. The van der Waals surface area contributed by atoms with Crippen LogP contribution in [0.4, 0.5) is 0 Å². The number of benzene rings is 7. The number of nitrogens with zero attached hydrogens (tertiary/aromatic N) is 4. The fraction of sp³-hybridized carbons (Fsp3) is 0. The lowest BCUT2D eigenvalue weighted by molar-refractivity contribution is 0.669. The van der Waals surface area contributed by atoms with Crippen molar-refractivity contribution >= 4 is 21.9 Å². The lowest BCUT2D eigenvalue weighted by Gasteiger charge is -2.09. The third-order valence-corrected chi connectivity index (χ3v) is 9.19. The predicted octanol–water partition coefficient (Wildman–Crippen LogP) is 11.6. The zero-order chi connectivity index (χ0) is 34.1. The summed E-state index contributed by atoms with van der Waals surface area (Å²) in [7, 11) is 0. The van der Waals surface area contributed by atoms with Crippen LogP contribution in [-0.4, -0.2) is 15.0 Å². The minimum Gasteiger partial charge on any atom is -0.456 e. The highest BCUT2D eigenvalue weighted by Gasteiger charge is 2.17. The summed E-state index contributed by atoms with van der Waals surface area (Å²) in [5, 5.41) is 11.3. The van der Waals surface area contributed by atoms with Gasteiger partial charge in [-0.15, -0.1) is 0 Å². The van der Waals surface area contributed by atoms with Crippen LogP contribution >= 0.6 is 0 Å². The molecule has 9 rings (SSSR count). The van der Waals surface area contributed by atoms with Crippen LogP contribution in [0.25, 0.3) is 89.5 Å². The number of nitriles is 1. The van der Waals surface area contributed by atoms with Gasteiger partial charge in [0, 0.05) is 27.5 Å². The molecular weight excluding hydrogens is 625 g/mol. The summed E-state index contributed by atoms with van der Waals surface area (Å²) >= 11 is 0. The molecule has 0 amide bonds. The van der Waals surface area contributed by atoms with Gasteiger partial charge in [-0.05, 0) is 69.8 Å². The van der Waals surface area contributed by atoms with Gasteiger partial charge in [0.2, 0.25) is 0 Å². The topological polar surface area (TPSA) is 75.6 Å². The van der Waals surface area contributed by atoms with E-state index in [4.69, 9.17) is 19.4 Å². The van der Waals surface area contributed by atoms with Crippen molar-refractivity contribution in [3.05, 3.63) is 175 Å². The molecule has 2 heterocycles. The first-order chi connectivity index (χ1) is 25.2. The Hall–Kier alpha value is -7.16. The second kappa shape index (κ2) is 12.7. The van der Waals surface area contributed by atoms with Crippen molar-refractivity contribution in [2.45, 2.75) is 0 Å². The van der Waals surface area contributed by atoms with Gasteiger partial charge >= 0.3 is 0 Å². The number of aromatic nitrogens is 3. The fourth-order valence-corrected chi connectivity index (χ4v) is 6.60. The van der Waals surface area contributed by atoms with E-state index in [0.29, 0.717) is 23.0 Å². The minimum atomic E-state index is 0.563. The van der Waals surface area contributed by atoms with Gasteiger partial charge in [-0.25, -0.2) is 15.0 Å². The second-order valence-electron chi connectivity index (χ2n) is 12.4. The molecule has 238 valence electrons. The van der Waals surface area contributed by atoms with E-state index in [1.807, 2.05) is 91.0 Å². The highest BCUT2D eigenvalue weighted by Crippen LogP contribution is 2.39. The van der Waals surface area contributed by atoms with Gasteiger partial charge in [-0.2, -0.15) is 5.26 Å². The van der Waals surface area contributed by atoms with E-state index in [-0.39, 0.29) is 0 Å². The first kappa shape index (κ1) is 29.9. The van der Waals surface area contributed by atoms with Crippen LogP contribution in [-0.2, 0) is 0 Å². The monoisotopic (exact) mass is 652 g/mol. The number of rotatable bonds is 6. The van der Waals surface area contributed by atoms with Crippen LogP contribution in [0.3, 0.4) is 0 Å². The van der Waals surface area contributed by atoms with Crippen molar-refractivity contribution in [1.29, 1.82) is 5.26 Å². The molecule has 0 N–H and O–H groups in total. The van der Waals surface area contributed by atoms with Crippen LogP contribution in [0.2, 0.25) is 0 Å². The molecule has 9 aromatic rings. The number of hydrogen-bond donors (Lipinski definition) is 0. The van der Waals surface area contributed by atoms with Crippen LogP contribution < -0.4 is 0 Å². The zero-order valence-electron chi connectivity index (χ0n) is 27.4. The normalized spacial score (nSPS) is 11.1. The molecule has 0 saturated carbocycles. The minimum absolute atomic E-state index is 0.563. The van der Waals surface area contributed by atoms with Gasteiger partial charge in [-0.1, -0.05) is 133 Å². The highest BCUT2D eigenvalue weighted by molar-refractivity contribution is 6.13. The smallest absolute Gasteiger partial charge is 0.164 e. The van der Waals surface area contributed by atoms with Crippen LogP contribution in [0.5, 0.6) is 0 Å². The van der Waals surface area contributed by atoms with E-state index in [0.717, 1.165) is 60.9 Å².